The van der Waals surface area contributed by atoms with Crippen molar-refractivity contribution in [2.45, 2.75) is 50.1 Å². The first-order chi connectivity index (χ1) is 19.2. The predicted molar refractivity (Wildman–Crippen MR) is 151 cm³/mol. The van der Waals surface area contributed by atoms with E-state index < -0.39 is 24.1 Å². The SMILES string of the molecule is C=CCOC(=O)C1=C(S[C@H]2C[C@@H](Cc3c4scc[n+]4cn3C)N(C(=O)OCC=C)C2)[C@H](C)[C@@H]2[C@@H]([C@@H](C)O)C(=O)N12. The van der Waals surface area contributed by atoms with Crippen molar-refractivity contribution in [3.05, 3.63) is 59.5 Å². The molecule has 2 amide bonds. The fourth-order valence-corrected chi connectivity index (χ4v) is 8.57. The number of thiazole rings is 1. The third kappa shape index (κ3) is 4.86. The number of rotatable bonds is 10. The van der Waals surface area contributed by atoms with Crippen LogP contribution in [0.4, 0.5) is 4.79 Å². The van der Waals surface area contributed by atoms with Gasteiger partial charge in [0, 0.05) is 40.5 Å². The van der Waals surface area contributed by atoms with Gasteiger partial charge in [-0.3, -0.25) is 4.79 Å². The molecule has 10 nitrogen and oxygen atoms in total. The Balaban J connectivity index is 1.42. The Bertz CT molecular complexity index is 1380. The van der Waals surface area contributed by atoms with Crippen LogP contribution in [0, 0.1) is 11.8 Å². The summed E-state index contributed by atoms with van der Waals surface area (Å²) in [5.41, 5.74) is 1.37. The molecule has 3 aliphatic rings. The van der Waals surface area contributed by atoms with Gasteiger partial charge in [0.25, 0.3) is 0 Å². The number of amides is 2. The number of β-lactam (4-membered cyclic amide) rings is 1. The zero-order valence-corrected chi connectivity index (χ0v) is 24.5. The van der Waals surface area contributed by atoms with Gasteiger partial charge >= 0.3 is 12.1 Å². The number of nitrogens with zero attached hydrogens (tertiary/aromatic N) is 4. The minimum absolute atomic E-state index is 0.0292. The number of fused-ring (bicyclic) bond motifs is 2. The number of thioether (sulfide) groups is 1. The monoisotopic (exact) mass is 587 g/mol. The summed E-state index contributed by atoms with van der Waals surface area (Å²) in [5, 5.41) is 12.3. The number of carbonyl (C=O) groups is 3. The topological polar surface area (TPSA) is 105 Å². The molecule has 0 saturated carbocycles. The van der Waals surface area contributed by atoms with Crippen LogP contribution >= 0.6 is 23.1 Å². The van der Waals surface area contributed by atoms with Crippen LogP contribution in [0.15, 0.2) is 53.8 Å². The van der Waals surface area contributed by atoms with E-state index in [1.807, 2.05) is 31.9 Å². The Morgan fingerprint density at radius 1 is 1.30 bits per heavy atom. The van der Waals surface area contributed by atoms with Gasteiger partial charge in [-0.25, -0.2) is 14.2 Å². The van der Waals surface area contributed by atoms with E-state index in [0.29, 0.717) is 19.4 Å². The number of likely N-dealkylation sites (tertiary alicyclic amines) is 1. The van der Waals surface area contributed by atoms with E-state index in [2.05, 4.69) is 22.1 Å². The number of aromatic nitrogens is 2. The molecule has 0 spiro atoms. The first-order valence-electron chi connectivity index (χ1n) is 13.3. The maximum absolute atomic E-state index is 13.2. The molecule has 6 atom stereocenters. The molecule has 2 saturated heterocycles. The van der Waals surface area contributed by atoms with Crippen LogP contribution in [0.1, 0.15) is 26.0 Å². The zero-order valence-electron chi connectivity index (χ0n) is 22.9. The number of carbonyl (C=O) groups excluding carboxylic acids is 3. The number of hydrogen-bond donors (Lipinski definition) is 1. The smallest absolute Gasteiger partial charge is 0.410 e. The molecular weight excluding hydrogens is 552 g/mol. The highest BCUT2D eigenvalue weighted by molar-refractivity contribution is 8.03. The molecular formula is C28H35N4O6S2+. The average molecular weight is 588 g/mol. The third-order valence-corrected chi connectivity index (χ3v) is 10.3. The summed E-state index contributed by atoms with van der Waals surface area (Å²) < 4.78 is 15.0. The Kier molecular flexibility index (Phi) is 8.12. The predicted octanol–water partition coefficient (Wildman–Crippen LogP) is 2.66. The van der Waals surface area contributed by atoms with Gasteiger partial charge in [0.05, 0.1) is 25.1 Å². The van der Waals surface area contributed by atoms with E-state index in [1.165, 1.54) is 22.7 Å². The number of hydrogen-bond acceptors (Lipinski definition) is 8. The van der Waals surface area contributed by atoms with Crippen LogP contribution in [-0.2, 0) is 32.5 Å². The van der Waals surface area contributed by atoms with E-state index in [0.717, 1.165) is 15.4 Å². The molecule has 0 aromatic carbocycles. The fraction of sp³-hybridized carbons (Fsp3) is 0.500. The third-order valence-electron chi connectivity index (χ3n) is 7.90. The largest absolute Gasteiger partial charge is 0.457 e. The van der Waals surface area contributed by atoms with Gasteiger partial charge in [-0.15, -0.1) is 11.8 Å². The normalized spacial score (nSPS) is 26.6. The van der Waals surface area contributed by atoms with Crippen LogP contribution < -0.4 is 4.40 Å². The Hall–Kier alpha value is -3.09. The van der Waals surface area contributed by atoms with E-state index in [9.17, 15) is 19.5 Å². The summed E-state index contributed by atoms with van der Waals surface area (Å²) in [6.07, 6.45) is 7.17. The van der Waals surface area contributed by atoms with Crippen molar-refractivity contribution in [1.82, 2.24) is 14.4 Å². The van der Waals surface area contributed by atoms with Gasteiger partial charge in [-0.1, -0.05) is 43.6 Å². The van der Waals surface area contributed by atoms with Crippen LogP contribution in [0.5, 0.6) is 0 Å². The highest BCUT2D eigenvalue weighted by atomic mass is 32.2. The van der Waals surface area contributed by atoms with Crippen molar-refractivity contribution in [2.24, 2.45) is 18.9 Å². The molecule has 0 aliphatic carbocycles. The summed E-state index contributed by atoms with van der Waals surface area (Å²) in [5.74, 6) is -1.58. The van der Waals surface area contributed by atoms with Crippen LogP contribution in [0.25, 0.3) is 4.83 Å². The van der Waals surface area contributed by atoms with Gasteiger partial charge in [0.1, 0.15) is 25.1 Å². The molecule has 2 aromatic rings. The second-order valence-corrected chi connectivity index (χ2v) is 12.7. The minimum Gasteiger partial charge on any atom is -0.457 e. The van der Waals surface area contributed by atoms with Gasteiger partial charge in [-0.05, 0) is 13.3 Å². The van der Waals surface area contributed by atoms with E-state index in [-0.39, 0.29) is 48.1 Å². The molecule has 214 valence electrons. The van der Waals surface area contributed by atoms with Crippen LogP contribution in [0.3, 0.4) is 0 Å². The second-order valence-electron chi connectivity index (χ2n) is 10.5. The molecule has 5 heterocycles. The lowest BCUT2D eigenvalue weighted by Gasteiger charge is -2.46. The van der Waals surface area contributed by atoms with Crippen LogP contribution in [-0.4, -0.2) is 80.6 Å². The zero-order chi connectivity index (χ0) is 28.7. The second kappa shape index (κ2) is 11.4. The van der Waals surface area contributed by atoms with Gasteiger partial charge in [0.15, 0.2) is 5.69 Å². The quantitative estimate of drug-likeness (QED) is 0.197. The molecule has 2 aromatic heterocycles. The van der Waals surface area contributed by atoms with Crippen molar-refractivity contribution < 1.29 is 33.4 Å². The molecule has 5 rings (SSSR count). The maximum atomic E-state index is 13.2. The lowest BCUT2D eigenvalue weighted by Crippen LogP contribution is -2.63. The lowest BCUT2D eigenvalue weighted by molar-refractivity contribution is -0.508. The van der Waals surface area contributed by atoms with E-state index >= 15 is 0 Å². The summed E-state index contributed by atoms with van der Waals surface area (Å²) in [6, 6.07) is -0.425. The molecule has 40 heavy (non-hydrogen) atoms. The molecule has 0 unspecified atom stereocenters. The molecule has 3 aliphatic heterocycles. The summed E-state index contributed by atoms with van der Waals surface area (Å²) >= 11 is 3.18. The summed E-state index contributed by atoms with van der Waals surface area (Å²) in [7, 11) is 2.00. The fourth-order valence-electron chi connectivity index (χ4n) is 6.10. The standard InChI is InChI=1S/C28H35N4O6S2/c1-6-9-37-27(35)23-24(16(3)22-21(17(4)33)25(34)32(22)23)40-19-12-18(31(14-19)28(36)38-10-7-2)13-20-26-30(8-11-39-26)15-29(20)5/h6-8,11,15-19,21-22,33H,1-2,9-10,12-14H2,3-5H3/q+1/t16-,17-,18+,19+,21-,22-/m1/s1. The van der Waals surface area contributed by atoms with Crippen LogP contribution in [0.2, 0.25) is 0 Å². The lowest BCUT2D eigenvalue weighted by atomic mass is 9.79. The number of aliphatic hydroxyl groups excluding tert-OH is 1. The number of aryl methyl sites for hydroxylation is 1. The van der Waals surface area contributed by atoms with E-state index in [1.54, 1.807) is 29.2 Å². The molecule has 12 heteroatoms. The average Bonchev–Trinajstić information content (AvgIpc) is 3.65. The molecule has 1 N–H and O–H groups in total. The van der Waals surface area contributed by atoms with E-state index in [4.69, 9.17) is 9.47 Å². The molecule has 2 fully saturated rings. The molecule has 0 radical (unpaired) electrons. The van der Waals surface area contributed by atoms with Crippen molar-refractivity contribution in [3.8, 4) is 0 Å². The van der Waals surface area contributed by atoms with Crippen molar-refractivity contribution in [1.29, 1.82) is 0 Å². The first kappa shape index (κ1) is 28.4. The highest BCUT2D eigenvalue weighted by Gasteiger charge is 2.60. The maximum Gasteiger partial charge on any atom is 0.410 e. The number of aliphatic hydroxyl groups is 1. The van der Waals surface area contributed by atoms with Gasteiger partial charge in [0.2, 0.25) is 17.1 Å². The van der Waals surface area contributed by atoms with Gasteiger partial charge in [-0.2, -0.15) is 4.40 Å². The Morgan fingerprint density at radius 2 is 2.02 bits per heavy atom. The first-order valence-corrected chi connectivity index (χ1v) is 15.1. The van der Waals surface area contributed by atoms with Crippen molar-refractivity contribution in [2.75, 3.05) is 19.8 Å². The minimum atomic E-state index is -0.825. The Morgan fingerprint density at radius 3 is 2.73 bits per heavy atom. The summed E-state index contributed by atoms with van der Waals surface area (Å²) in [4.78, 5) is 44.4. The number of esters is 1. The number of imidazole rings is 1. The van der Waals surface area contributed by atoms with Gasteiger partial charge < -0.3 is 24.4 Å². The highest BCUT2D eigenvalue weighted by Crippen LogP contribution is 2.52. The van der Waals surface area contributed by atoms with Crippen molar-refractivity contribution in [3.63, 3.8) is 0 Å². The summed E-state index contributed by atoms with van der Waals surface area (Å²) in [6.45, 7) is 11.4. The molecule has 0 bridgehead atoms. The Labute approximate surface area is 241 Å². The number of ether oxygens (including phenoxy) is 2. The van der Waals surface area contributed by atoms with Crippen molar-refractivity contribution >= 4 is 45.9 Å².